The summed E-state index contributed by atoms with van der Waals surface area (Å²) in [5, 5.41) is 21.8. The number of hydrogen-bond acceptors (Lipinski definition) is 6. The van der Waals surface area contributed by atoms with E-state index < -0.39 is 15.7 Å². The van der Waals surface area contributed by atoms with Crippen molar-refractivity contribution in [1.29, 1.82) is 0 Å². The van der Waals surface area contributed by atoms with Crippen molar-refractivity contribution in [2.75, 3.05) is 36.0 Å². The molecule has 25 heavy (non-hydrogen) atoms. The molecule has 0 aromatic heterocycles. The number of piperazine rings is 1. The highest BCUT2D eigenvalue weighted by atomic mass is 19.1. The van der Waals surface area contributed by atoms with Crippen LogP contribution in [0.5, 0.6) is 0 Å². The Morgan fingerprint density at radius 1 is 0.840 bits per heavy atom. The molecule has 0 radical (unpaired) electrons. The van der Waals surface area contributed by atoms with E-state index in [1.165, 1.54) is 24.3 Å². The maximum absolute atomic E-state index is 13.5. The molecule has 0 N–H and O–H groups in total. The average molecular weight is 346 g/mol. The molecule has 0 amide bonds. The van der Waals surface area contributed by atoms with Gasteiger partial charge in [-0.05, 0) is 18.2 Å². The van der Waals surface area contributed by atoms with Crippen LogP contribution in [0, 0.1) is 26.0 Å². The Hall–Kier alpha value is -3.23. The fourth-order valence-electron chi connectivity index (χ4n) is 2.89. The van der Waals surface area contributed by atoms with Gasteiger partial charge in [0.15, 0.2) is 0 Å². The minimum atomic E-state index is -0.516. The summed E-state index contributed by atoms with van der Waals surface area (Å²) in [6, 6.07) is 9.68. The zero-order chi connectivity index (χ0) is 18.0. The lowest BCUT2D eigenvalue weighted by atomic mass is 10.2. The molecule has 0 bridgehead atoms. The summed E-state index contributed by atoms with van der Waals surface area (Å²) >= 11 is 0. The van der Waals surface area contributed by atoms with Crippen molar-refractivity contribution < 1.29 is 14.2 Å². The molecule has 2 aromatic carbocycles. The van der Waals surface area contributed by atoms with Gasteiger partial charge in [0, 0.05) is 56.1 Å². The number of benzene rings is 2. The summed E-state index contributed by atoms with van der Waals surface area (Å²) in [6.07, 6.45) is 0. The van der Waals surface area contributed by atoms with E-state index in [1.54, 1.807) is 17.0 Å². The largest absolute Gasteiger partial charge is 0.368 e. The van der Waals surface area contributed by atoms with Gasteiger partial charge in [-0.3, -0.25) is 20.2 Å². The highest BCUT2D eigenvalue weighted by molar-refractivity contribution is 5.64. The van der Waals surface area contributed by atoms with Crippen molar-refractivity contribution in [3.05, 3.63) is 68.5 Å². The third-order valence-electron chi connectivity index (χ3n) is 4.18. The van der Waals surface area contributed by atoms with E-state index in [1.807, 2.05) is 4.90 Å². The Morgan fingerprint density at radius 2 is 1.44 bits per heavy atom. The third-order valence-corrected chi connectivity index (χ3v) is 4.18. The minimum absolute atomic E-state index is 0.0257. The van der Waals surface area contributed by atoms with Crippen LogP contribution in [0.15, 0.2) is 42.5 Å². The van der Waals surface area contributed by atoms with E-state index in [0.717, 1.165) is 11.8 Å². The minimum Gasteiger partial charge on any atom is -0.368 e. The molecule has 0 unspecified atom stereocenters. The Kier molecular flexibility index (Phi) is 4.46. The first-order chi connectivity index (χ1) is 12.0. The average Bonchev–Trinajstić information content (AvgIpc) is 2.61. The zero-order valence-electron chi connectivity index (χ0n) is 13.2. The molecule has 0 aliphatic carbocycles. The lowest BCUT2D eigenvalue weighted by Crippen LogP contribution is -2.46. The first kappa shape index (κ1) is 16.6. The number of anilines is 2. The third kappa shape index (κ3) is 3.49. The van der Waals surface area contributed by atoms with Crippen molar-refractivity contribution in [2.24, 2.45) is 0 Å². The second-order valence-electron chi connectivity index (χ2n) is 5.64. The van der Waals surface area contributed by atoms with Crippen molar-refractivity contribution in [1.82, 2.24) is 0 Å². The summed E-state index contributed by atoms with van der Waals surface area (Å²) in [7, 11) is 0. The SMILES string of the molecule is O=[N+]([O-])c1ccc(N2CCN(c3cc(F)ccc3[N+](=O)[O-])CC2)cc1. The van der Waals surface area contributed by atoms with Crippen LogP contribution >= 0.6 is 0 Å². The van der Waals surface area contributed by atoms with Crippen LogP contribution in [0.4, 0.5) is 27.1 Å². The predicted molar refractivity (Wildman–Crippen MR) is 90.6 cm³/mol. The first-order valence-electron chi connectivity index (χ1n) is 7.64. The van der Waals surface area contributed by atoms with Crippen LogP contribution in [0.3, 0.4) is 0 Å². The van der Waals surface area contributed by atoms with E-state index >= 15 is 0 Å². The van der Waals surface area contributed by atoms with Gasteiger partial charge in [-0.15, -0.1) is 0 Å². The van der Waals surface area contributed by atoms with Crippen LogP contribution in [-0.4, -0.2) is 36.0 Å². The molecule has 1 heterocycles. The van der Waals surface area contributed by atoms with Gasteiger partial charge in [0.25, 0.3) is 11.4 Å². The van der Waals surface area contributed by atoms with Crippen molar-refractivity contribution >= 4 is 22.7 Å². The Balaban J connectivity index is 1.73. The quantitative estimate of drug-likeness (QED) is 0.624. The molecule has 2 aromatic rings. The van der Waals surface area contributed by atoms with Gasteiger partial charge in [-0.25, -0.2) is 4.39 Å². The summed E-state index contributed by atoms with van der Waals surface area (Å²) in [5.74, 6) is -0.515. The van der Waals surface area contributed by atoms with Gasteiger partial charge in [0.2, 0.25) is 0 Å². The lowest BCUT2D eigenvalue weighted by molar-refractivity contribution is -0.384. The smallest absolute Gasteiger partial charge is 0.292 e. The fourth-order valence-corrected chi connectivity index (χ4v) is 2.89. The number of nitrogens with zero attached hydrogens (tertiary/aromatic N) is 4. The molecule has 1 aliphatic heterocycles. The zero-order valence-corrected chi connectivity index (χ0v) is 13.2. The highest BCUT2D eigenvalue weighted by Gasteiger charge is 2.24. The molecular weight excluding hydrogens is 331 g/mol. The Labute approximate surface area is 142 Å². The molecule has 1 aliphatic rings. The molecule has 8 nitrogen and oxygen atoms in total. The molecular formula is C16H15FN4O4. The molecule has 0 spiro atoms. The van der Waals surface area contributed by atoms with Gasteiger partial charge in [-0.2, -0.15) is 0 Å². The van der Waals surface area contributed by atoms with Crippen molar-refractivity contribution in [3.8, 4) is 0 Å². The molecule has 9 heteroatoms. The fraction of sp³-hybridized carbons (Fsp3) is 0.250. The van der Waals surface area contributed by atoms with Gasteiger partial charge >= 0.3 is 0 Å². The summed E-state index contributed by atoms with van der Waals surface area (Å²) in [6.45, 7) is 2.12. The number of non-ortho nitro benzene ring substituents is 1. The lowest BCUT2D eigenvalue weighted by Gasteiger charge is -2.37. The van der Waals surface area contributed by atoms with Crippen molar-refractivity contribution in [2.45, 2.75) is 0 Å². The summed E-state index contributed by atoms with van der Waals surface area (Å²) < 4.78 is 13.5. The second-order valence-corrected chi connectivity index (χ2v) is 5.64. The molecule has 1 fully saturated rings. The number of halogens is 1. The Morgan fingerprint density at radius 3 is 2.00 bits per heavy atom. The number of hydrogen-bond donors (Lipinski definition) is 0. The van der Waals surface area contributed by atoms with Crippen LogP contribution < -0.4 is 9.80 Å². The molecule has 1 saturated heterocycles. The van der Waals surface area contributed by atoms with Gasteiger partial charge < -0.3 is 9.80 Å². The number of rotatable bonds is 4. The van der Waals surface area contributed by atoms with E-state index in [0.29, 0.717) is 26.2 Å². The van der Waals surface area contributed by atoms with Crippen LogP contribution in [-0.2, 0) is 0 Å². The van der Waals surface area contributed by atoms with E-state index in [2.05, 4.69) is 0 Å². The summed E-state index contributed by atoms with van der Waals surface area (Å²) in [4.78, 5) is 24.7. The van der Waals surface area contributed by atoms with Crippen LogP contribution in [0.1, 0.15) is 0 Å². The molecule has 0 saturated carbocycles. The van der Waals surface area contributed by atoms with Crippen LogP contribution in [0.25, 0.3) is 0 Å². The predicted octanol–water partition coefficient (Wildman–Crippen LogP) is 2.97. The topological polar surface area (TPSA) is 92.8 Å². The van der Waals surface area contributed by atoms with E-state index in [-0.39, 0.29) is 17.1 Å². The molecule has 3 rings (SSSR count). The maximum Gasteiger partial charge on any atom is 0.292 e. The van der Waals surface area contributed by atoms with E-state index in [9.17, 15) is 24.6 Å². The standard InChI is InChI=1S/C16H15FN4O4/c17-12-1-6-15(21(24)25)16(11-12)19-9-7-18(8-10-19)13-2-4-14(5-3-13)20(22)23/h1-6,11H,7-10H2. The summed E-state index contributed by atoms with van der Waals surface area (Å²) in [5.41, 5.74) is 1.02. The van der Waals surface area contributed by atoms with Crippen molar-refractivity contribution in [3.63, 3.8) is 0 Å². The second kappa shape index (κ2) is 6.71. The van der Waals surface area contributed by atoms with E-state index in [4.69, 9.17) is 0 Å². The van der Waals surface area contributed by atoms with Gasteiger partial charge in [-0.1, -0.05) is 0 Å². The first-order valence-corrected chi connectivity index (χ1v) is 7.64. The molecule has 130 valence electrons. The number of nitro groups is 2. The maximum atomic E-state index is 13.5. The number of nitro benzene ring substituents is 2. The van der Waals surface area contributed by atoms with Gasteiger partial charge in [0.1, 0.15) is 11.5 Å². The monoisotopic (exact) mass is 346 g/mol. The highest BCUT2D eigenvalue weighted by Crippen LogP contribution is 2.30. The Bertz CT molecular complexity index is 804. The van der Waals surface area contributed by atoms with Gasteiger partial charge in [0.05, 0.1) is 9.85 Å². The normalized spacial score (nSPS) is 14.4. The van der Waals surface area contributed by atoms with Crippen LogP contribution in [0.2, 0.25) is 0 Å². The molecule has 0 atom stereocenters.